The van der Waals surface area contributed by atoms with Crippen LogP contribution in [0.3, 0.4) is 0 Å². The molecular formula is C23H20BClN3O9P. The van der Waals surface area contributed by atoms with E-state index in [9.17, 15) is 38.9 Å². The van der Waals surface area contributed by atoms with Gasteiger partial charge in [0.25, 0.3) is 5.91 Å². The molecule has 4 rings (SSSR count). The lowest BCUT2D eigenvalue weighted by Crippen LogP contribution is -2.55. The lowest BCUT2D eigenvalue weighted by atomic mass is 9.72. The third kappa shape index (κ3) is 5.88. The quantitative estimate of drug-likeness (QED) is 0.178. The highest BCUT2D eigenvalue weighted by atomic mass is 35.5. The number of carboxylic acids is 1. The van der Waals surface area contributed by atoms with Crippen molar-refractivity contribution in [3.63, 3.8) is 0 Å². The fourth-order valence-electron chi connectivity index (χ4n) is 3.90. The van der Waals surface area contributed by atoms with E-state index in [2.05, 4.69) is 15.6 Å². The van der Waals surface area contributed by atoms with E-state index in [1.54, 1.807) is 6.07 Å². The van der Waals surface area contributed by atoms with Crippen LogP contribution in [0.1, 0.15) is 38.0 Å². The van der Waals surface area contributed by atoms with Gasteiger partial charge in [-0.2, -0.15) is 0 Å². The molecule has 3 aromatic rings. The molecule has 1 aliphatic heterocycles. The van der Waals surface area contributed by atoms with Crippen LogP contribution in [0.25, 0.3) is 0 Å². The molecule has 1 aromatic heterocycles. The van der Waals surface area contributed by atoms with Crippen LogP contribution in [0.2, 0.25) is 5.02 Å². The molecule has 6 N–H and O–H groups in total. The maximum atomic E-state index is 13.4. The number of aromatic carboxylic acids is 1. The number of hydrogen-bond donors (Lipinski definition) is 6. The second-order valence-electron chi connectivity index (χ2n) is 8.30. The van der Waals surface area contributed by atoms with Crippen LogP contribution in [-0.2, 0) is 15.8 Å². The van der Waals surface area contributed by atoms with Gasteiger partial charge in [-0.1, -0.05) is 35.9 Å². The Hall–Kier alpha value is -3.74. The van der Waals surface area contributed by atoms with Gasteiger partial charge < -0.3 is 35.2 Å². The van der Waals surface area contributed by atoms with E-state index >= 15 is 0 Å². The Bertz CT molecular complexity index is 1450. The Labute approximate surface area is 220 Å². The molecule has 38 heavy (non-hydrogen) atoms. The van der Waals surface area contributed by atoms with Crippen molar-refractivity contribution in [2.24, 2.45) is 0 Å². The van der Waals surface area contributed by atoms with Gasteiger partial charge in [-0.25, -0.2) is 9.78 Å². The number of nitrogens with one attached hydrogen (secondary N) is 2. The molecule has 2 amide bonds. The second-order valence-corrected chi connectivity index (χ2v) is 10.3. The van der Waals surface area contributed by atoms with Crippen molar-refractivity contribution in [3.05, 3.63) is 88.2 Å². The Morgan fingerprint density at radius 1 is 1.11 bits per heavy atom. The smallest absolute Gasteiger partial charge is 0.534 e. The number of halogens is 1. The first kappa shape index (κ1) is 27.3. The molecule has 0 saturated carbocycles. The van der Waals surface area contributed by atoms with Crippen LogP contribution in [-0.4, -0.2) is 55.7 Å². The summed E-state index contributed by atoms with van der Waals surface area (Å²) in [5, 5.41) is 24.7. The van der Waals surface area contributed by atoms with Gasteiger partial charge in [0.1, 0.15) is 17.5 Å². The molecule has 2 heterocycles. The zero-order chi connectivity index (χ0) is 27.6. The van der Waals surface area contributed by atoms with Gasteiger partial charge in [0.15, 0.2) is 0 Å². The van der Waals surface area contributed by atoms with Crippen molar-refractivity contribution in [1.82, 2.24) is 15.6 Å². The molecule has 2 atom stereocenters. The average molecular weight is 560 g/mol. The third-order valence-electron chi connectivity index (χ3n) is 5.75. The number of benzene rings is 2. The van der Waals surface area contributed by atoms with Gasteiger partial charge in [0.05, 0.1) is 21.8 Å². The minimum absolute atomic E-state index is 0.0133. The number of aromatic nitrogens is 1. The molecule has 12 nitrogen and oxygen atoms in total. The first-order chi connectivity index (χ1) is 18.0. The number of amides is 2. The van der Waals surface area contributed by atoms with E-state index < -0.39 is 44.5 Å². The highest BCUT2D eigenvalue weighted by Crippen LogP contribution is 2.33. The van der Waals surface area contributed by atoms with Crippen LogP contribution in [0.4, 0.5) is 0 Å². The maximum absolute atomic E-state index is 13.4. The molecule has 0 fully saturated rings. The highest BCUT2D eigenvalue weighted by Gasteiger charge is 2.39. The number of para-hydroxylation sites is 1. The van der Waals surface area contributed by atoms with Gasteiger partial charge in [0, 0.05) is 6.20 Å². The standard InChI is InChI=1S/C23H20BClN3O9P/c25-16-5-2-10-26-19(16)22(30)28-18(12-6-8-14(9-7-12)38(34,35)36)21(29)27-17-11-13-3-1-4-15(23(31)32)20(13)37-24(17)33/h1-10,17-18,33H,11H2,(H,27,29)(H,28,30)(H,31,32)(H2,34,35,36)/t17-,18?/m0/s1. The van der Waals surface area contributed by atoms with Gasteiger partial charge >= 0.3 is 20.7 Å². The second kappa shape index (κ2) is 10.9. The van der Waals surface area contributed by atoms with Crippen LogP contribution < -0.4 is 20.6 Å². The summed E-state index contributed by atoms with van der Waals surface area (Å²) in [6.45, 7) is 0. The van der Waals surface area contributed by atoms with Crippen molar-refractivity contribution in [2.75, 3.05) is 0 Å². The highest BCUT2D eigenvalue weighted by molar-refractivity contribution is 7.60. The molecule has 15 heteroatoms. The topological polar surface area (TPSA) is 195 Å². The maximum Gasteiger partial charge on any atom is 0.547 e. The van der Waals surface area contributed by atoms with Crippen molar-refractivity contribution >= 4 is 49.4 Å². The molecule has 0 aliphatic carbocycles. The van der Waals surface area contributed by atoms with Crippen LogP contribution in [0, 0.1) is 0 Å². The van der Waals surface area contributed by atoms with E-state index in [1.165, 1.54) is 42.6 Å². The van der Waals surface area contributed by atoms with Gasteiger partial charge in [-0.15, -0.1) is 0 Å². The fourth-order valence-corrected chi connectivity index (χ4v) is 4.64. The largest absolute Gasteiger partial charge is 0.547 e. The number of hydrogen-bond acceptors (Lipinski definition) is 7. The van der Waals surface area contributed by atoms with E-state index in [1.807, 2.05) is 0 Å². The Balaban J connectivity index is 1.62. The van der Waals surface area contributed by atoms with E-state index in [-0.39, 0.29) is 39.3 Å². The predicted molar refractivity (Wildman–Crippen MR) is 135 cm³/mol. The fraction of sp³-hybridized carbons (Fsp3) is 0.130. The summed E-state index contributed by atoms with van der Waals surface area (Å²) in [6.07, 6.45) is 1.36. The molecule has 0 saturated heterocycles. The van der Waals surface area contributed by atoms with E-state index in [4.69, 9.17) is 16.3 Å². The summed E-state index contributed by atoms with van der Waals surface area (Å²) in [5.41, 5.74) is 0.302. The molecule has 0 spiro atoms. The lowest BCUT2D eigenvalue weighted by Gasteiger charge is -2.30. The Morgan fingerprint density at radius 3 is 2.45 bits per heavy atom. The molecule has 0 radical (unpaired) electrons. The number of pyridine rings is 1. The average Bonchev–Trinajstić information content (AvgIpc) is 2.87. The monoisotopic (exact) mass is 559 g/mol. The van der Waals surface area contributed by atoms with Crippen molar-refractivity contribution in [1.29, 1.82) is 0 Å². The molecule has 196 valence electrons. The number of carbonyl (C=O) groups is 3. The summed E-state index contributed by atoms with van der Waals surface area (Å²) in [6, 6.07) is 10.8. The molecule has 0 bridgehead atoms. The van der Waals surface area contributed by atoms with Crippen LogP contribution >= 0.6 is 19.2 Å². The van der Waals surface area contributed by atoms with E-state index in [0.29, 0.717) is 5.56 Å². The van der Waals surface area contributed by atoms with Gasteiger partial charge in [0.2, 0.25) is 5.91 Å². The number of carbonyl (C=O) groups excluding carboxylic acids is 2. The van der Waals surface area contributed by atoms with Crippen molar-refractivity contribution in [3.8, 4) is 5.75 Å². The number of rotatable bonds is 7. The molecular weight excluding hydrogens is 540 g/mol. The SMILES string of the molecule is O=C(O)c1cccc2c1OB(O)[C@@H](NC(=O)C(NC(=O)c1ncccc1Cl)c1ccc(P(=O)(O)O)cc1)C2. The van der Waals surface area contributed by atoms with Crippen LogP contribution in [0.15, 0.2) is 60.8 Å². The molecule has 2 aromatic carbocycles. The van der Waals surface area contributed by atoms with Crippen LogP contribution in [0.5, 0.6) is 5.75 Å². The van der Waals surface area contributed by atoms with Crippen molar-refractivity contribution < 1.29 is 43.5 Å². The summed E-state index contributed by atoms with van der Waals surface area (Å²) >= 11 is 6.05. The van der Waals surface area contributed by atoms with Gasteiger partial charge in [-0.05, 0) is 47.9 Å². The summed E-state index contributed by atoms with van der Waals surface area (Å²) < 4.78 is 17.0. The summed E-state index contributed by atoms with van der Waals surface area (Å²) in [7, 11) is -6.17. The van der Waals surface area contributed by atoms with Gasteiger partial charge in [-0.3, -0.25) is 14.2 Å². The zero-order valence-corrected chi connectivity index (χ0v) is 21.0. The number of fused-ring (bicyclic) bond motifs is 1. The first-order valence-corrected chi connectivity index (χ1v) is 13.0. The molecule has 1 aliphatic rings. The Kier molecular flexibility index (Phi) is 7.86. The minimum Gasteiger partial charge on any atom is -0.534 e. The Morgan fingerprint density at radius 2 is 1.82 bits per heavy atom. The lowest BCUT2D eigenvalue weighted by molar-refractivity contribution is -0.123. The third-order valence-corrected chi connectivity index (χ3v) is 7.03. The number of carboxylic acid groups (broad SMARTS) is 1. The number of nitrogens with zero attached hydrogens (tertiary/aromatic N) is 1. The first-order valence-electron chi connectivity index (χ1n) is 11.0. The molecule has 1 unspecified atom stereocenters. The summed E-state index contributed by atoms with van der Waals surface area (Å²) in [5.74, 6) is -3.87. The summed E-state index contributed by atoms with van der Waals surface area (Å²) in [4.78, 5) is 60.5. The predicted octanol–water partition coefficient (Wildman–Crippen LogP) is 0.847. The normalized spacial score (nSPS) is 15.6. The zero-order valence-electron chi connectivity index (χ0n) is 19.3. The van der Waals surface area contributed by atoms with Crippen molar-refractivity contribution in [2.45, 2.75) is 18.4 Å². The van der Waals surface area contributed by atoms with E-state index in [0.717, 1.165) is 12.1 Å². The minimum atomic E-state index is -4.56.